The molecular weight excluding hydrogens is 632 g/mol. The second-order valence-corrected chi connectivity index (χ2v) is 11.8. The van der Waals surface area contributed by atoms with Crippen LogP contribution in [0.2, 0.25) is 0 Å². The van der Waals surface area contributed by atoms with E-state index in [-0.39, 0.29) is 62.2 Å². The number of rotatable bonds is 6. The first-order valence-electron chi connectivity index (χ1n) is 14.7. The molecule has 2 aliphatic rings. The lowest BCUT2D eigenvalue weighted by molar-refractivity contribution is -0.384. The Morgan fingerprint density at radius 2 is 1.60 bits per heavy atom. The van der Waals surface area contributed by atoms with E-state index in [9.17, 15) is 50.3 Å². The highest BCUT2D eigenvalue weighted by Crippen LogP contribution is 2.48. The second-order valence-electron chi connectivity index (χ2n) is 11.8. The minimum Gasteiger partial charge on any atom is -0.508 e. The van der Waals surface area contributed by atoms with Gasteiger partial charge in [-0.25, -0.2) is 10.4 Å². The molecular formula is C31H26N6O11. The molecule has 246 valence electrons. The van der Waals surface area contributed by atoms with Crippen molar-refractivity contribution in [3.8, 4) is 11.5 Å². The number of amides is 2. The summed E-state index contributed by atoms with van der Waals surface area (Å²) in [5, 5.41) is 76.6. The van der Waals surface area contributed by atoms with Gasteiger partial charge in [0.2, 0.25) is 0 Å². The average Bonchev–Trinajstić information content (AvgIpc) is 3.81. The highest BCUT2D eigenvalue weighted by atomic mass is 16.6. The number of hydrogen-bond donors (Lipinski definition) is 9. The fraction of sp³-hybridized carbons (Fsp3) is 0.226. The van der Waals surface area contributed by atoms with Gasteiger partial charge in [-0.2, -0.15) is 0 Å². The molecule has 9 N–H and O–H groups in total. The summed E-state index contributed by atoms with van der Waals surface area (Å²) in [5.41, 5.74) is 3.95. The normalized spacial score (nSPS) is 22.9. The fourth-order valence-corrected chi connectivity index (χ4v) is 6.92. The summed E-state index contributed by atoms with van der Waals surface area (Å²) in [5.74, 6) is -1.79. The SMILES string of the molecule is O=C1c2c(c3c4ccc(O)cc4n(C4OC(CO)C(O)C(O)C4O)c3c3[nH]c4cc(O)ccc4c23)C(=O)N1NCc1cc([N+](=O)[O-])c[nH]1. The van der Waals surface area contributed by atoms with Crippen LogP contribution in [0.3, 0.4) is 0 Å². The molecule has 48 heavy (non-hydrogen) atoms. The molecule has 1 saturated heterocycles. The molecule has 5 atom stereocenters. The quantitative estimate of drug-likeness (QED) is 0.0698. The van der Waals surface area contributed by atoms with Crippen molar-refractivity contribution in [3.05, 3.63) is 75.6 Å². The molecule has 2 amide bonds. The molecule has 0 radical (unpaired) electrons. The van der Waals surface area contributed by atoms with Gasteiger partial charge in [-0.1, -0.05) is 0 Å². The van der Waals surface area contributed by atoms with Crippen LogP contribution in [0.15, 0.2) is 48.7 Å². The Bertz CT molecular complexity index is 2360. The van der Waals surface area contributed by atoms with E-state index in [1.165, 1.54) is 47.2 Å². The van der Waals surface area contributed by atoms with Crippen LogP contribution in [0.5, 0.6) is 11.5 Å². The molecule has 5 heterocycles. The molecule has 5 unspecified atom stereocenters. The number of ether oxygens (including phenoxy) is 1. The van der Waals surface area contributed by atoms with Gasteiger partial charge in [-0.05, 0) is 24.3 Å². The fourth-order valence-electron chi connectivity index (χ4n) is 6.92. The van der Waals surface area contributed by atoms with Gasteiger partial charge in [-0.15, -0.1) is 0 Å². The largest absolute Gasteiger partial charge is 0.508 e. The lowest BCUT2D eigenvalue weighted by atomic mass is 9.96. The molecule has 17 heteroatoms. The van der Waals surface area contributed by atoms with Gasteiger partial charge in [0, 0.05) is 45.4 Å². The Morgan fingerprint density at radius 3 is 2.29 bits per heavy atom. The molecule has 6 aromatic rings. The Hall–Kier alpha value is -5.56. The summed E-state index contributed by atoms with van der Waals surface area (Å²) in [4.78, 5) is 45.0. The summed E-state index contributed by atoms with van der Waals surface area (Å²) in [6, 6.07) is 9.89. The number of hydrazine groups is 1. The van der Waals surface area contributed by atoms with Crippen molar-refractivity contribution in [2.24, 2.45) is 0 Å². The first-order valence-corrected chi connectivity index (χ1v) is 14.7. The van der Waals surface area contributed by atoms with Crippen LogP contribution < -0.4 is 5.43 Å². The predicted molar refractivity (Wildman–Crippen MR) is 166 cm³/mol. The topological polar surface area (TPSA) is 260 Å². The van der Waals surface area contributed by atoms with E-state index in [4.69, 9.17) is 4.74 Å². The number of nitrogens with one attached hydrogen (secondary N) is 3. The Labute approximate surface area is 266 Å². The van der Waals surface area contributed by atoms with Crippen molar-refractivity contribution < 1.29 is 49.9 Å². The van der Waals surface area contributed by atoms with Crippen LogP contribution in [-0.2, 0) is 11.3 Å². The maximum Gasteiger partial charge on any atom is 0.287 e. The minimum absolute atomic E-state index is 0.00494. The summed E-state index contributed by atoms with van der Waals surface area (Å²) in [7, 11) is 0. The van der Waals surface area contributed by atoms with Crippen molar-refractivity contribution in [1.29, 1.82) is 0 Å². The number of hydrogen-bond acceptors (Lipinski definition) is 12. The van der Waals surface area contributed by atoms with Gasteiger partial charge in [0.05, 0.1) is 57.5 Å². The van der Waals surface area contributed by atoms with Crippen LogP contribution in [0.1, 0.15) is 32.6 Å². The number of imide groups is 1. The van der Waals surface area contributed by atoms with E-state index < -0.39 is 54.0 Å². The molecule has 0 spiro atoms. The Kier molecular flexibility index (Phi) is 6.51. The zero-order valence-electron chi connectivity index (χ0n) is 24.5. The van der Waals surface area contributed by atoms with Gasteiger partial charge in [-0.3, -0.25) is 19.7 Å². The number of aliphatic hydroxyl groups excluding tert-OH is 4. The number of phenolic OH excluding ortho intramolecular Hbond substituents is 2. The number of H-pyrrole nitrogens is 2. The van der Waals surface area contributed by atoms with Crippen molar-refractivity contribution in [3.63, 3.8) is 0 Å². The first-order chi connectivity index (χ1) is 23.0. The van der Waals surface area contributed by atoms with Gasteiger partial charge >= 0.3 is 0 Å². The van der Waals surface area contributed by atoms with Gasteiger partial charge in [0.1, 0.15) is 35.9 Å². The molecule has 3 aromatic carbocycles. The minimum atomic E-state index is -1.76. The molecule has 0 aliphatic carbocycles. The van der Waals surface area contributed by atoms with E-state index in [0.29, 0.717) is 22.0 Å². The van der Waals surface area contributed by atoms with E-state index in [0.717, 1.165) is 5.01 Å². The monoisotopic (exact) mass is 658 g/mol. The van der Waals surface area contributed by atoms with E-state index in [1.807, 2.05) is 0 Å². The number of benzene rings is 3. The van der Waals surface area contributed by atoms with Crippen LogP contribution >= 0.6 is 0 Å². The number of phenols is 2. The third-order valence-corrected chi connectivity index (χ3v) is 9.08. The summed E-state index contributed by atoms with van der Waals surface area (Å²) < 4.78 is 7.39. The standard InChI is InChI=1S/C31H26N6O11/c38-10-19-26(41)27(42)28(43)31(48-19)35-18-7-14(40)2-4-16(18)21-23-22(20-15-3-1-13(39)6-17(15)34-24(20)25(21)35)29(44)36(30(23)45)33-8-11-5-12(9-32-11)37(46)47/h1-7,9,19,26-28,31-34,38-43H,8,10H2. The average molecular weight is 659 g/mol. The van der Waals surface area contributed by atoms with E-state index >= 15 is 0 Å². The maximum absolute atomic E-state index is 14.3. The number of aliphatic hydroxyl groups is 4. The number of fused-ring (bicyclic) bond motifs is 10. The van der Waals surface area contributed by atoms with Gasteiger partial charge in [0.25, 0.3) is 17.5 Å². The molecule has 17 nitrogen and oxygen atoms in total. The zero-order chi connectivity index (χ0) is 33.8. The van der Waals surface area contributed by atoms with Gasteiger partial charge in [0.15, 0.2) is 6.23 Å². The lowest BCUT2D eigenvalue weighted by Gasteiger charge is -2.41. The highest BCUT2D eigenvalue weighted by Gasteiger charge is 2.47. The summed E-state index contributed by atoms with van der Waals surface area (Å²) >= 11 is 0. The van der Waals surface area contributed by atoms with Crippen molar-refractivity contribution in [2.45, 2.75) is 37.2 Å². The molecule has 0 bridgehead atoms. The molecule has 0 saturated carbocycles. The Balaban J connectivity index is 1.42. The van der Waals surface area contributed by atoms with Gasteiger partial charge < -0.3 is 49.9 Å². The lowest BCUT2D eigenvalue weighted by Crippen LogP contribution is -2.56. The van der Waals surface area contributed by atoms with Crippen molar-refractivity contribution in [1.82, 2.24) is 25.0 Å². The zero-order valence-corrected chi connectivity index (χ0v) is 24.5. The van der Waals surface area contributed by atoms with Crippen LogP contribution in [0, 0.1) is 10.1 Å². The predicted octanol–water partition coefficient (Wildman–Crippen LogP) is 1.35. The van der Waals surface area contributed by atoms with E-state index in [1.54, 1.807) is 6.07 Å². The third kappa shape index (κ3) is 4.06. The number of nitrogens with zero attached hydrogens (tertiary/aromatic N) is 3. The molecule has 2 aliphatic heterocycles. The maximum atomic E-state index is 14.3. The number of carbonyl (C=O) groups excluding carboxylic acids is 2. The first kappa shape index (κ1) is 29.8. The summed E-state index contributed by atoms with van der Waals surface area (Å²) in [6.45, 7) is -0.869. The van der Waals surface area contributed by atoms with Crippen molar-refractivity contribution >= 4 is 61.1 Å². The smallest absolute Gasteiger partial charge is 0.287 e. The number of aromatic nitrogens is 3. The Morgan fingerprint density at radius 1 is 0.917 bits per heavy atom. The van der Waals surface area contributed by atoms with Crippen LogP contribution in [-0.4, -0.2) is 97.9 Å². The second kappa shape index (κ2) is 10.5. The van der Waals surface area contributed by atoms with Crippen LogP contribution in [0.4, 0.5) is 5.69 Å². The van der Waals surface area contributed by atoms with Crippen molar-refractivity contribution in [2.75, 3.05) is 6.61 Å². The van der Waals surface area contributed by atoms with Crippen LogP contribution in [0.25, 0.3) is 43.6 Å². The molecule has 1 fully saturated rings. The molecule has 8 rings (SSSR count). The number of nitro groups is 1. The highest BCUT2D eigenvalue weighted by molar-refractivity contribution is 6.39. The summed E-state index contributed by atoms with van der Waals surface area (Å²) in [6.07, 6.45) is -6.79. The number of aromatic hydroxyl groups is 2. The molecule has 3 aromatic heterocycles. The third-order valence-electron chi connectivity index (χ3n) is 9.08. The van der Waals surface area contributed by atoms with E-state index in [2.05, 4.69) is 15.4 Å². The number of carbonyl (C=O) groups is 2. The number of aromatic amines is 2.